The summed E-state index contributed by atoms with van der Waals surface area (Å²) in [4.78, 5) is 41.4. The third-order valence-electron chi connectivity index (χ3n) is 4.07. The van der Waals surface area contributed by atoms with Crippen LogP contribution < -0.4 is 15.5 Å². The van der Waals surface area contributed by atoms with E-state index in [0.717, 1.165) is 12.0 Å². The van der Waals surface area contributed by atoms with E-state index in [-0.39, 0.29) is 24.1 Å². The Kier molecular flexibility index (Phi) is 5.62. The maximum absolute atomic E-state index is 12.2. The van der Waals surface area contributed by atoms with Gasteiger partial charge in [-0.05, 0) is 24.1 Å². The van der Waals surface area contributed by atoms with E-state index in [2.05, 4.69) is 15.6 Å². The second-order valence-electron chi connectivity index (χ2n) is 6.04. The lowest BCUT2D eigenvalue weighted by molar-refractivity contribution is -0.120. The third kappa shape index (κ3) is 4.45. The molecule has 26 heavy (non-hydrogen) atoms. The highest BCUT2D eigenvalue weighted by atomic mass is 32.1. The zero-order valence-electron chi connectivity index (χ0n) is 14.4. The summed E-state index contributed by atoms with van der Waals surface area (Å²) >= 11 is 1.38. The summed E-state index contributed by atoms with van der Waals surface area (Å²) in [6.07, 6.45) is 1.87. The van der Waals surface area contributed by atoms with Crippen LogP contribution in [-0.4, -0.2) is 36.3 Å². The molecule has 0 aliphatic carbocycles. The van der Waals surface area contributed by atoms with E-state index in [4.69, 9.17) is 0 Å². The number of carbonyl (C=O) groups excluding carboxylic acids is 3. The molecule has 2 heterocycles. The topological polar surface area (TPSA) is 91.4 Å². The van der Waals surface area contributed by atoms with Gasteiger partial charge < -0.3 is 10.6 Å². The van der Waals surface area contributed by atoms with Gasteiger partial charge in [0.15, 0.2) is 5.13 Å². The average molecular weight is 372 g/mol. The van der Waals surface area contributed by atoms with Gasteiger partial charge in [-0.15, -0.1) is 11.3 Å². The summed E-state index contributed by atoms with van der Waals surface area (Å²) < 4.78 is 0. The van der Waals surface area contributed by atoms with Crippen molar-refractivity contribution in [1.82, 2.24) is 10.3 Å². The number of likely N-dealkylation sites (N-methyl/N-ethyl adjacent to an activating group) is 1. The fourth-order valence-corrected chi connectivity index (χ4v) is 3.57. The van der Waals surface area contributed by atoms with Crippen LogP contribution in [0.15, 0.2) is 29.6 Å². The van der Waals surface area contributed by atoms with E-state index in [1.165, 1.54) is 11.3 Å². The summed E-state index contributed by atoms with van der Waals surface area (Å²) in [6, 6.07) is 7.16. The van der Waals surface area contributed by atoms with Crippen molar-refractivity contribution in [2.75, 3.05) is 23.8 Å². The second kappa shape index (κ2) is 8.09. The highest BCUT2D eigenvalue weighted by molar-refractivity contribution is 7.14. The Labute approximate surface area is 155 Å². The minimum atomic E-state index is -0.173. The maximum atomic E-state index is 12.2. The lowest BCUT2D eigenvalue weighted by Crippen LogP contribution is -2.23. The zero-order chi connectivity index (χ0) is 18.5. The average Bonchev–Trinajstić information content (AvgIpc) is 3.25. The molecule has 2 N–H and O–H groups in total. The van der Waals surface area contributed by atoms with Crippen molar-refractivity contribution in [2.24, 2.45) is 0 Å². The van der Waals surface area contributed by atoms with Crippen LogP contribution in [0.3, 0.4) is 0 Å². The molecule has 3 rings (SSSR count). The second-order valence-corrected chi connectivity index (χ2v) is 6.88. The van der Waals surface area contributed by atoms with Crippen molar-refractivity contribution in [1.29, 1.82) is 0 Å². The molecule has 1 aromatic heterocycles. The zero-order valence-corrected chi connectivity index (χ0v) is 15.3. The fraction of sp³-hybridized carbons (Fsp3) is 0.333. The van der Waals surface area contributed by atoms with Crippen molar-refractivity contribution in [3.8, 4) is 0 Å². The Balaban J connectivity index is 1.55. The van der Waals surface area contributed by atoms with Crippen LogP contribution >= 0.6 is 11.3 Å². The number of thiazole rings is 1. The number of hydrogen-bond acceptors (Lipinski definition) is 5. The third-order valence-corrected chi connectivity index (χ3v) is 4.98. The number of aromatic nitrogens is 1. The number of anilines is 2. The molecule has 1 aliphatic heterocycles. The number of benzene rings is 1. The van der Waals surface area contributed by atoms with Gasteiger partial charge in [0.1, 0.15) is 0 Å². The van der Waals surface area contributed by atoms with Crippen LogP contribution in [-0.2, 0) is 27.2 Å². The molecule has 136 valence electrons. The molecular formula is C18H20N4O3S. The van der Waals surface area contributed by atoms with Gasteiger partial charge in [0.2, 0.25) is 17.7 Å². The lowest BCUT2D eigenvalue weighted by atomic mass is 10.1. The number of nitrogens with one attached hydrogen (secondary N) is 2. The van der Waals surface area contributed by atoms with Crippen LogP contribution in [0.2, 0.25) is 0 Å². The molecule has 1 aliphatic rings. The number of carbonyl (C=O) groups is 3. The predicted octanol–water partition coefficient (Wildman–Crippen LogP) is 1.74. The molecule has 0 saturated carbocycles. The Morgan fingerprint density at radius 2 is 1.96 bits per heavy atom. The van der Waals surface area contributed by atoms with Crippen molar-refractivity contribution in [2.45, 2.75) is 25.7 Å². The Bertz CT molecular complexity index is 816. The predicted molar refractivity (Wildman–Crippen MR) is 100 cm³/mol. The minimum Gasteiger partial charge on any atom is -0.359 e. The fourth-order valence-electron chi connectivity index (χ4n) is 2.70. The van der Waals surface area contributed by atoms with E-state index in [1.807, 2.05) is 17.5 Å². The van der Waals surface area contributed by atoms with E-state index >= 15 is 0 Å². The van der Waals surface area contributed by atoms with Crippen LogP contribution in [0.1, 0.15) is 24.1 Å². The van der Waals surface area contributed by atoms with Crippen molar-refractivity contribution < 1.29 is 14.4 Å². The first kappa shape index (κ1) is 18.1. The summed E-state index contributed by atoms with van der Waals surface area (Å²) in [6.45, 7) is 0.695. The van der Waals surface area contributed by atoms with Gasteiger partial charge in [0.05, 0.1) is 18.5 Å². The van der Waals surface area contributed by atoms with Crippen LogP contribution in [0, 0.1) is 0 Å². The molecule has 0 unspecified atom stereocenters. The first-order valence-corrected chi connectivity index (χ1v) is 9.27. The number of hydrogen-bond donors (Lipinski definition) is 2. The van der Waals surface area contributed by atoms with E-state index < -0.39 is 0 Å². The summed E-state index contributed by atoms with van der Waals surface area (Å²) in [5.41, 5.74) is 2.20. The molecule has 8 heteroatoms. The molecule has 7 nitrogen and oxygen atoms in total. The quantitative estimate of drug-likeness (QED) is 0.808. The Hall–Kier alpha value is -2.74. The van der Waals surface area contributed by atoms with Crippen molar-refractivity contribution >= 4 is 39.9 Å². The van der Waals surface area contributed by atoms with Crippen molar-refractivity contribution in [3.05, 3.63) is 40.9 Å². The highest BCUT2D eigenvalue weighted by Crippen LogP contribution is 2.25. The van der Waals surface area contributed by atoms with Gasteiger partial charge in [-0.3, -0.25) is 19.3 Å². The summed E-state index contributed by atoms with van der Waals surface area (Å²) in [5.74, 6) is -0.140. The van der Waals surface area contributed by atoms with Crippen LogP contribution in [0.4, 0.5) is 10.8 Å². The highest BCUT2D eigenvalue weighted by Gasteiger charge is 2.24. The van der Waals surface area contributed by atoms with E-state index in [0.29, 0.717) is 35.9 Å². The molecule has 1 fully saturated rings. The van der Waals surface area contributed by atoms with Gasteiger partial charge in [-0.2, -0.15) is 0 Å². The van der Waals surface area contributed by atoms with Crippen molar-refractivity contribution in [3.63, 3.8) is 0 Å². The van der Waals surface area contributed by atoms with Gasteiger partial charge in [-0.1, -0.05) is 12.1 Å². The number of amides is 3. The standard InChI is InChI=1S/C18H20N4O3S/c1-19-15(23)9-12-4-6-13(7-5-12)20-16(24)10-14-11-26-18(21-14)22-8-2-3-17(22)25/h4-7,11H,2-3,8-10H2,1H3,(H,19,23)(H,20,24). The van der Waals surface area contributed by atoms with Gasteiger partial charge in [0, 0.05) is 31.1 Å². The first-order valence-electron chi connectivity index (χ1n) is 8.39. The molecule has 0 spiro atoms. The molecule has 0 radical (unpaired) electrons. The first-order chi connectivity index (χ1) is 12.5. The normalized spacial score (nSPS) is 13.7. The smallest absolute Gasteiger partial charge is 0.230 e. The minimum absolute atomic E-state index is 0.0578. The molecule has 1 aromatic carbocycles. The SMILES string of the molecule is CNC(=O)Cc1ccc(NC(=O)Cc2csc(N3CCCC3=O)n2)cc1. The summed E-state index contributed by atoms with van der Waals surface area (Å²) in [7, 11) is 1.60. The Morgan fingerprint density at radius 3 is 2.62 bits per heavy atom. The number of nitrogens with zero attached hydrogens (tertiary/aromatic N) is 2. The Morgan fingerprint density at radius 1 is 1.19 bits per heavy atom. The molecular weight excluding hydrogens is 352 g/mol. The molecule has 0 atom stereocenters. The van der Waals surface area contributed by atoms with E-state index in [9.17, 15) is 14.4 Å². The monoisotopic (exact) mass is 372 g/mol. The van der Waals surface area contributed by atoms with Gasteiger partial charge in [0.25, 0.3) is 0 Å². The molecule has 0 bridgehead atoms. The van der Waals surface area contributed by atoms with Gasteiger partial charge in [-0.25, -0.2) is 4.98 Å². The molecule has 2 aromatic rings. The lowest BCUT2D eigenvalue weighted by Gasteiger charge is -2.10. The van der Waals surface area contributed by atoms with Crippen LogP contribution in [0.5, 0.6) is 0 Å². The van der Waals surface area contributed by atoms with Crippen LogP contribution in [0.25, 0.3) is 0 Å². The maximum Gasteiger partial charge on any atom is 0.230 e. The number of rotatable bonds is 6. The van der Waals surface area contributed by atoms with Gasteiger partial charge >= 0.3 is 0 Å². The largest absolute Gasteiger partial charge is 0.359 e. The summed E-state index contributed by atoms with van der Waals surface area (Å²) in [5, 5.41) is 7.86. The molecule has 1 saturated heterocycles. The van der Waals surface area contributed by atoms with E-state index in [1.54, 1.807) is 24.1 Å². The molecule has 3 amide bonds.